The molecule has 42 valence electrons. The van der Waals surface area contributed by atoms with Gasteiger partial charge in [0.05, 0.1) is 0 Å². The molecule has 0 N–H and O–H groups in total. The van der Waals surface area contributed by atoms with Crippen molar-refractivity contribution in [2.75, 3.05) is 6.54 Å². The van der Waals surface area contributed by atoms with Gasteiger partial charge in [-0.3, -0.25) is 0 Å². The number of rotatable bonds is 0. The largest absolute Gasteiger partial charge is 0.624 e. The van der Waals surface area contributed by atoms with E-state index in [1.807, 2.05) is 6.08 Å². The molecule has 0 amide bonds. The van der Waals surface area contributed by atoms with Crippen LogP contribution in [0.2, 0.25) is 0 Å². The minimum Gasteiger partial charge on any atom is -0.624 e. The number of allylic oxidation sites excluding steroid dienone is 1. The van der Waals surface area contributed by atoms with Gasteiger partial charge in [-0.25, -0.2) is 4.74 Å². The number of hydroxylamine groups is 1. The van der Waals surface area contributed by atoms with Crippen LogP contribution in [-0.4, -0.2) is 17.5 Å². The monoisotopic (exact) mass is 109 g/mol. The zero-order chi connectivity index (χ0) is 5.98. The Balaban J connectivity index is 2.73. The normalized spacial score (nSPS) is 18.5. The van der Waals surface area contributed by atoms with E-state index in [9.17, 15) is 5.21 Å². The van der Waals surface area contributed by atoms with Crippen LogP contribution in [0, 0.1) is 5.21 Å². The standard InChI is InChI=1S/C6H7NO/c1-6-3-2-4-7(8)5-6/h2-4H,1,5H2. The highest BCUT2D eigenvalue weighted by molar-refractivity contribution is 5.68. The third-order valence-corrected chi connectivity index (χ3v) is 0.943. The molecular weight excluding hydrogens is 102 g/mol. The van der Waals surface area contributed by atoms with Crippen molar-refractivity contribution >= 4 is 6.21 Å². The Morgan fingerprint density at radius 1 is 1.75 bits per heavy atom. The Kier molecular flexibility index (Phi) is 1.16. The van der Waals surface area contributed by atoms with Gasteiger partial charge < -0.3 is 5.21 Å². The first-order valence-corrected chi connectivity index (χ1v) is 2.42. The van der Waals surface area contributed by atoms with Gasteiger partial charge >= 0.3 is 0 Å². The highest BCUT2D eigenvalue weighted by atomic mass is 16.5. The summed E-state index contributed by atoms with van der Waals surface area (Å²) in [5.41, 5.74) is 0.863. The molecule has 0 saturated carbocycles. The van der Waals surface area contributed by atoms with Crippen molar-refractivity contribution in [2.24, 2.45) is 0 Å². The van der Waals surface area contributed by atoms with Crippen LogP contribution in [0.1, 0.15) is 0 Å². The molecule has 0 aliphatic carbocycles. The molecule has 8 heavy (non-hydrogen) atoms. The lowest BCUT2D eigenvalue weighted by Crippen LogP contribution is -2.09. The Labute approximate surface area is 48.0 Å². The molecule has 0 spiro atoms. The average molecular weight is 109 g/mol. The van der Waals surface area contributed by atoms with Gasteiger partial charge in [-0.1, -0.05) is 6.58 Å². The Morgan fingerprint density at radius 3 is 2.88 bits per heavy atom. The molecule has 2 heteroatoms. The van der Waals surface area contributed by atoms with Gasteiger partial charge in [-0.05, 0) is 6.08 Å². The van der Waals surface area contributed by atoms with E-state index in [2.05, 4.69) is 6.58 Å². The molecule has 0 aromatic rings. The summed E-state index contributed by atoms with van der Waals surface area (Å²) >= 11 is 0. The Morgan fingerprint density at radius 2 is 2.50 bits per heavy atom. The molecule has 0 atom stereocenters. The van der Waals surface area contributed by atoms with Gasteiger partial charge in [0.2, 0.25) is 0 Å². The minimum atomic E-state index is 0.413. The second-order valence-electron chi connectivity index (χ2n) is 1.74. The summed E-state index contributed by atoms with van der Waals surface area (Å²) in [4.78, 5) is 0. The van der Waals surface area contributed by atoms with E-state index in [0.29, 0.717) is 6.54 Å². The highest BCUT2D eigenvalue weighted by Gasteiger charge is 1.97. The van der Waals surface area contributed by atoms with Gasteiger partial charge in [0, 0.05) is 11.6 Å². The molecule has 1 aliphatic rings. The highest BCUT2D eigenvalue weighted by Crippen LogP contribution is 1.95. The third-order valence-electron chi connectivity index (χ3n) is 0.943. The summed E-state index contributed by atoms with van der Waals surface area (Å²) in [6, 6.07) is 0. The smallest absolute Gasteiger partial charge is 0.178 e. The minimum absolute atomic E-state index is 0.413. The maximum absolute atomic E-state index is 10.4. The summed E-state index contributed by atoms with van der Waals surface area (Å²) < 4.78 is 0.850. The molecule has 1 rings (SSSR count). The maximum Gasteiger partial charge on any atom is 0.178 e. The topological polar surface area (TPSA) is 26.1 Å². The van der Waals surface area contributed by atoms with E-state index in [4.69, 9.17) is 0 Å². The van der Waals surface area contributed by atoms with Crippen molar-refractivity contribution < 1.29 is 4.74 Å². The van der Waals surface area contributed by atoms with Crippen molar-refractivity contribution in [1.82, 2.24) is 0 Å². The molecule has 0 radical (unpaired) electrons. The predicted octanol–water partition coefficient (Wildman–Crippen LogP) is 0.694. The fraction of sp³-hybridized carbons (Fsp3) is 0.167. The number of hydrogen-bond acceptors (Lipinski definition) is 1. The third kappa shape index (κ3) is 0.964. The summed E-state index contributed by atoms with van der Waals surface area (Å²) in [6.45, 7) is 4.03. The molecule has 0 unspecified atom stereocenters. The van der Waals surface area contributed by atoms with Crippen molar-refractivity contribution in [3.05, 3.63) is 29.5 Å². The average Bonchev–Trinajstić information content (AvgIpc) is 1.64. The van der Waals surface area contributed by atoms with Gasteiger partial charge in [-0.2, -0.15) is 0 Å². The van der Waals surface area contributed by atoms with E-state index in [1.165, 1.54) is 6.21 Å². The van der Waals surface area contributed by atoms with Crippen LogP contribution in [0.25, 0.3) is 0 Å². The van der Waals surface area contributed by atoms with Crippen molar-refractivity contribution in [1.29, 1.82) is 0 Å². The van der Waals surface area contributed by atoms with Crippen LogP contribution in [0.5, 0.6) is 0 Å². The fourth-order valence-corrected chi connectivity index (χ4v) is 0.581. The Hall–Kier alpha value is -1.05. The van der Waals surface area contributed by atoms with Crippen LogP contribution in [0.3, 0.4) is 0 Å². The summed E-state index contributed by atoms with van der Waals surface area (Å²) in [5, 5.41) is 10.4. The zero-order valence-corrected chi connectivity index (χ0v) is 4.50. The van der Waals surface area contributed by atoms with Gasteiger partial charge in [-0.15, -0.1) is 0 Å². The summed E-state index contributed by atoms with van der Waals surface area (Å²) in [6.07, 6.45) is 5.00. The second kappa shape index (κ2) is 1.82. The first-order valence-electron chi connectivity index (χ1n) is 2.42. The lowest BCUT2D eigenvalue weighted by molar-refractivity contribution is -0.442. The summed E-state index contributed by atoms with van der Waals surface area (Å²) in [7, 11) is 0. The molecule has 0 aromatic heterocycles. The van der Waals surface area contributed by atoms with E-state index in [0.717, 1.165) is 10.3 Å². The molecular formula is C6H7NO. The second-order valence-corrected chi connectivity index (χ2v) is 1.74. The van der Waals surface area contributed by atoms with Crippen LogP contribution in [0.15, 0.2) is 24.3 Å². The quantitative estimate of drug-likeness (QED) is 0.332. The van der Waals surface area contributed by atoms with Crippen molar-refractivity contribution in [2.45, 2.75) is 0 Å². The van der Waals surface area contributed by atoms with Crippen molar-refractivity contribution in [3.63, 3.8) is 0 Å². The first-order chi connectivity index (χ1) is 3.79. The molecule has 1 aliphatic heterocycles. The predicted molar refractivity (Wildman–Crippen MR) is 32.8 cm³/mol. The molecule has 0 saturated heterocycles. The SMILES string of the molecule is C=C1C=CC=[N+]([O-])C1. The lowest BCUT2D eigenvalue weighted by atomic mass is 10.2. The first kappa shape index (κ1) is 5.09. The van der Waals surface area contributed by atoms with Crippen LogP contribution in [-0.2, 0) is 0 Å². The number of hydrogen-bond donors (Lipinski definition) is 0. The molecule has 0 fully saturated rings. The lowest BCUT2D eigenvalue weighted by Gasteiger charge is -2.04. The van der Waals surface area contributed by atoms with Crippen LogP contribution in [0.4, 0.5) is 0 Å². The Bertz CT molecular complexity index is 167. The van der Waals surface area contributed by atoms with Crippen LogP contribution >= 0.6 is 0 Å². The van der Waals surface area contributed by atoms with E-state index < -0.39 is 0 Å². The molecule has 0 aromatic carbocycles. The molecule has 1 heterocycles. The van der Waals surface area contributed by atoms with E-state index in [-0.39, 0.29) is 0 Å². The summed E-state index contributed by atoms with van der Waals surface area (Å²) in [5.74, 6) is 0. The van der Waals surface area contributed by atoms with E-state index >= 15 is 0 Å². The van der Waals surface area contributed by atoms with Gasteiger partial charge in [0.1, 0.15) is 0 Å². The van der Waals surface area contributed by atoms with Gasteiger partial charge in [0.15, 0.2) is 12.8 Å². The van der Waals surface area contributed by atoms with Crippen LogP contribution < -0.4 is 0 Å². The molecule has 2 nitrogen and oxygen atoms in total. The molecule has 0 bridgehead atoms. The van der Waals surface area contributed by atoms with Crippen molar-refractivity contribution in [3.8, 4) is 0 Å². The zero-order valence-electron chi connectivity index (χ0n) is 4.50. The fourth-order valence-electron chi connectivity index (χ4n) is 0.581. The van der Waals surface area contributed by atoms with Gasteiger partial charge in [0.25, 0.3) is 0 Å². The van der Waals surface area contributed by atoms with E-state index in [1.54, 1.807) is 6.08 Å². The number of nitrogens with zero attached hydrogens (tertiary/aromatic N) is 1. The maximum atomic E-state index is 10.4.